The first-order chi connectivity index (χ1) is 12.2. The van der Waals surface area contributed by atoms with Crippen LogP contribution >= 0.6 is 15.9 Å². The first-order valence-electron chi connectivity index (χ1n) is 8.41. The van der Waals surface area contributed by atoms with Crippen molar-refractivity contribution in [3.8, 4) is 22.8 Å². The largest absolute Gasteiger partial charge is 0.493 e. The van der Waals surface area contributed by atoms with E-state index in [1.54, 1.807) is 14.2 Å². The van der Waals surface area contributed by atoms with Gasteiger partial charge in [0.05, 0.1) is 19.9 Å². The first-order valence-corrected chi connectivity index (χ1v) is 9.20. The average Bonchev–Trinajstić information content (AvgIpc) is 2.98. The highest BCUT2D eigenvalue weighted by atomic mass is 79.9. The number of halogens is 1. The van der Waals surface area contributed by atoms with Crippen molar-refractivity contribution in [3.63, 3.8) is 0 Å². The van der Waals surface area contributed by atoms with E-state index in [2.05, 4.69) is 45.2 Å². The topological polar surface area (TPSA) is 60.3 Å². The molecule has 0 amide bonds. The molecule has 0 bridgehead atoms. The first kappa shape index (κ1) is 17.8. The van der Waals surface area contributed by atoms with Crippen molar-refractivity contribution in [2.24, 2.45) is 5.73 Å². The van der Waals surface area contributed by atoms with E-state index >= 15 is 0 Å². The van der Waals surface area contributed by atoms with Gasteiger partial charge in [0.2, 0.25) is 0 Å². The number of hydrogen-bond acceptors (Lipinski definition) is 3. The summed E-state index contributed by atoms with van der Waals surface area (Å²) in [5.74, 6) is 1.48. The Kier molecular flexibility index (Phi) is 5.66. The van der Waals surface area contributed by atoms with Crippen molar-refractivity contribution in [2.45, 2.75) is 19.3 Å². The van der Waals surface area contributed by atoms with Gasteiger partial charge in [-0.2, -0.15) is 0 Å². The Morgan fingerprint density at radius 2 is 1.92 bits per heavy atom. The minimum atomic E-state index is 0.712. The number of nitrogens with two attached hydrogens (primary N) is 1. The van der Waals surface area contributed by atoms with Gasteiger partial charge in [0, 0.05) is 20.9 Å². The Bertz CT molecular complexity index is 874. The fraction of sp³-hybridized carbons (Fsp3) is 0.300. The van der Waals surface area contributed by atoms with Crippen LogP contribution in [0.4, 0.5) is 0 Å². The third-order valence-corrected chi connectivity index (χ3v) is 4.91. The Hall–Kier alpha value is -1.98. The Morgan fingerprint density at radius 3 is 2.64 bits per heavy atom. The number of hydrogen-bond donors (Lipinski definition) is 2. The lowest BCUT2D eigenvalue weighted by molar-refractivity contribution is 0.356. The Morgan fingerprint density at radius 1 is 1.08 bits per heavy atom. The van der Waals surface area contributed by atoms with Crippen molar-refractivity contribution in [1.29, 1.82) is 0 Å². The number of para-hydroxylation sites is 1. The molecule has 0 radical (unpaired) electrons. The van der Waals surface area contributed by atoms with Crippen LogP contribution in [0.25, 0.3) is 22.2 Å². The summed E-state index contributed by atoms with van der Waals surface area (Å²) in [7, 11) is 3.33. The Labute approximate surface area is 156 Å². The molecule has 1 heterocycles. The van der Waals surface area contributed by atoms with Crippen LogP contribution in [0.3, 0.4) is 0 Å². The van der Waals surface area contributed by atoms with E-state index in [1.165, 1.54) is 10.9 Å². The number of unbranched alkanes of at least 4 members (excludes halogenated alkanes) is 1. The van der Waals surface area contributed by atoms with Gasteiger partial charge in [-0.3, -0.25) is 0 Å². The number of nitrogens with one attached hydrogen (secondary N) is 1. The van der Waals surface area contributed by atoms with Crippen LogP contribution in [0.15, 0.2) is 40.9 Å². The van der Waals surface area contributed by atoms with Crippen LogP contribution in [-0.4, -0.2) is 25.7 Å². The van der Waals surface area contributed by atoms with Crippen LogP contribution in [0.5, 0.6) is 11.5 Å². The molecule has 0 aliphatic heterocycles. The van der Waals surface area contributed by atoms with E-state index in [-0.39, 0.29) is 0 Å². The maximum Gasteiger partial charge on any atom is 0.170 e. The summed E-state index contributed by atoms with van der Waals surface area (Å²) in [6.45, 7) is 0.712. The number of ether oxygens (including phenoxy) is 2. The molecule has 4 nitrogen and oxygen atoms in total. The second-order valence-electron chi connectivity index (χ2n) is 5.96. The van der Waals surface area contributed by atoms with E-state index in [0.29, 0.717) is 6.54 Å². The van der Waals surface area contributed by atoms with E-state index in [1.807, 2.05) is 12.1 Å². The lowest BCUT2D eigenvalue weighted by Crippen LogP contribution is -2.00. The van der Waals surface area contributed by atoms with Gasteiger partial charge in [-0.1, -0.05) is 22.0 Å². The highest BCUT2D eigenvalue weighted by Crippen LogP contribution is 2.41. The van der Waals surface area contributed by atoms with Gasteiger partial charge in [-0.25, -0.2) is 0 Å². The van der Waals surface area contributed by atoms with E-state index in [9.17, 15) is 0 Å². The lowest BCUT2D eigenvalue weighted by atomic mass is 9.99. The highest BCUT2D eigenvalue weighted by molar-refractivity contribution is 9.10. The molecule has 0 aliphatic carbocycles. The van der Waals surface area contributed by atoms with Crippen LogP contribution < -0.4 is 15.2 Å². The van der Waals surface area contributed by atoms with E-state index in [4.69, 9.17) is 15.2 Å². The van der Waals surface area contributed by atoms with Crippen LogP contribution in [0.2, 0.25) is 0 Å². The number of H-pyrrole nitrogens is 1. The molecule has 3 rings (SSSR count). The maximum absolute atomic E-state index is 5.69. The zero-order valence-corrected chi connectivity index (χ0v) is 16.2. The summed E-state index contributed by atoms with van der Waals surface area (Å²) in [5, 5.41) is 1.23. The molecular weight excluding hydrogens is 380 g/mol. The minimum Gasteiger partial charge on any atom is -0.493 e. The number of rotatable bonds is 7. The van der Waals surface area contributed by atoms with Gasteiger partial charge >= 0.3 is 0 Å². The zero-order chi connectivity index (χ0) is 17.8. The number of fused-ring (bicyclic) bond motifs is 1. The molecule has 0 saturated heterocycles. The fourth-order valence-corrected chi connectivity index (χ4v) is 3.60. The molecular formula is C20H23BrN2O2. The average molecular weight is 403 g/mol. The van der Waals surface area contributed by atoms with E-state index in [0.717, 1.165) is 52.0 Å². The summed E-state index contributed by atoms with van der Waals surface area (Å²) >= 11 is 3.59. The van der Waals surface area contributed by atoms with Crippen molar-refractivity contribution in [1.82, 2.24) is 4.98 Å². The third-order valence-electron chi connectivity index (χ3n) is 4.42. The monoisotopic (exact) mass is 402 g/mol. The second-order valence-corrected chi connectivity index (χ2v) is 6.87. The van der Waals surface area contributed by atoms with Crippen LogP contribution in [0.1, 0.15) is 18.4 Å². The molecule has 3 N–H and O–H groups in total. The molecule has 132 valence electrons. The predicted octanol–water partition coefficient (Wildman–Crippen LogP) is 4.90. The normalized spacial score (nSPS) is 11.0. The highest BCUT2D eigenvalue weighted by Gasteiger charge is 2.18. The predicted molar refractivity (Wildman–Crippen MR) is 107 cm³/mol. The molecule has 2 aromatic carbocycles. The molecule has 25 heavy (non-hydrogen) atoms. The van der Waals surface area contributed by atoms with Gasteiger partial charge < -0.3 is 20.2 Å². The number of benzene rings is 2. The van der Waals surface area contributed by atoms with Crippen LogP contribution in [-0.2, 0) is 6.42 Å². The van der Waals surface area contributed by atoms with Crippen molar-refractivity contribution in [2.75, 3.05) is 20.8 Å². The quantitative estimate of drug-likeness (QED) is 0.552. The van der Waals surface area contributed by atoms with Gasteiger partial charge in [0.25, 0.3) is 0 Å². The third kappa shape index (κ3) is 3.53. The van der Waals surface area contributed by atoms with E-state index < -0.39 is 0 Å². The number of methoxy groups -OCH3 is 2. The molecule has 0 saturated carbocycles. The molecule has 0 aliphatic rings. The summed E-state index contributed by atoms with van der Waals surface area (Å²) in [4.78, 5) is 3.57. The van der Waals surface area contributed by atoms with Gasteiger partial charge in [-0.15, -0.1) is 0 Å². The number of aromatic amines is 1. The van der Waals surface area contributed by atoms with Crippen molar-refractivity contribution >= 4 is 26.8 Å². The van der Waals surface area contributed by atoms with Gasteiger partial charge in [0.15, 0.2) is 11.5 Å². The maximum atomic E-state index is 5.69. The number of aryl methyl sites for hydroxylation is 1. The summed E-state index contributed by atoms with van der Waals surface area (Å²) in [6.07, 6.45) is 3.02. The molecule has 0 fully saturated rings. The second kappa shape index (κ2) is 7.93. The van der Waals surface area contributed by atoms with Crippen molar-refractivity contribution < 1.29 is 9.47 Å². The fourth-order valence-electron chi connectivity index (χ4n) is 3.24. The molecule has 0 atom stereocenters. The number of aromatic nitrogens is 1. The molecule has 0 unspecified atom stereocenters. The minimum absolute atomic E-state index is 0.712. The summed E-state index contributed by atoms with van der Waals surface area (Å²) in [6, 6.07) is 12.3. The molecule has 0 spiro atoms. The SMILES string of the molecule is COc1cccc(-c2[nH]c3ccc(Br)cc3c2CCCCN)c1OC. The molecule has 1 aromatic heterocycles. The van der Waals surface area contributed by atoms with Gasteiger partial charge in [-0.05, 0) is 61.7 Å². The van der Waals surface area contributed by atoms with Crippen LogP contribution in [0, 0.1) is 0 Å². The van der Waals surface area contributed by atoms with Crippen molar-refractivity contribution in [3.05, 3.63) is 46.4 Å². The smallest absolute Gasteiger partial charge is 0.170 e. The summed E-state index contributed by atoms with van der Waals surface area (Å²) < 4.78 is 12.2. The standard InChI is InChI=1S/C20H23BrN2O2/c1-24-18-8-5-7-15(20(18)25-2)19-14(6-3-4-11-22)16-12-13(21)9-10-17(16)23-19/h5,7-10,12,23H,3-4,6,11,22H2,1-2H3. The Balaban J connectivity index is 2.20. The molecule has 3 aromatic rings. The van der Waals surface area contributed by atoms with Gasteiger partial charge in [0.1, 0.15) is 0 Å². The zero-order valence-electron chi connectivity index (χ0n) is 14.6. The lowest BCUT2D eigenvalue weighted by Gasteiger charge is -2.13. The summed E-state index contributed by atoms with van der Waals surface area (Å²) in [5.41, 5.74) is 10.2. The molecule has 5 heteroatoms.